The van der Waals surface area contributed by atoms with Crippen LogP contribution in [0.1, 0.15) is 75.2 Å². The zero-order chi connectivity index (χ0) is 24.7. The molecule has 3 aromatic rings. The van der Waals surface area contributed by atoms with Gasteiger partial charge in [0.15, 0.2) is 5.78 Å². The summed E-state index contributed by atoms with van der Waals surface area (Å²) in [5.41, 5.74) is 7.10. The molecule has 2 aliphatic carbocycles. The number of amides is 1. The standard InChI is InChI=1S/C30H30N4O2/c1-34-16-12-30(13-17-34)19-27(35)24-7-6-21(18-25(24)30)22-4-2-3-5-26-23(22)8-9-28(32-26)33-29(36)20-10-14-31-15-11-20/h4,6-11,14-15,18H,2-3,5,12-13,16-17,19H2,1H3,(H,32,33,36). The fraction of sp³-hybridized carbons (Fsp3) is 0.333. The molecule has 1 fully saturated rings. The van der Waals surface area contributed by atoms with E-state index in [1.807, 2.05) is 12.1 Å². The number of hydrogen-bond donors (Lipinski definition) is 1. The third kappa shape index (κ3) is 4.05. The Balaban J connectivity index is 1.33. The lowest BCUT2D eigenvalue weighted by Gasteiger charge is -2.38. The molecular weight excluding hydrogens is 448 g/mol. The molecule has 3 aliphatic rings. The molecule has 1 aliphatic heterocycles. The Kier molecular flexibility index (Phi) is 5.76. The number of nitrogens with zero attached hydrogens (tertiary/aromatic N) is 3. The van der Waals surface area contributed by atoms with Crippen molar-refractivity contribution in [2.75, 3.05) is 25.5 Å². The van der Waals surface area contributed by atoms with Crippen LogP contribution in [-0.2, 0) is 11.8 Å². The van der Waals surface area contributed by atoms with Crippen molar-refractivity contribution < 1.29 is 9.59 Å². The summed E-state index contributed by atoms with van der Waals surface area (Å²) < 4.78 is 0. The van der Waals surface area contributed by atoms with Gasteiger partial charge in [-0.15, -0.1) is 0 Å². The van der Waals surface area contributed by atoms with Gasteiger partial charge in [0.05, 0.1) is 5.69 Å². The maximum atomic E-state index is 12.9. The molecule has 0 atom stereocenters. The molecule has 1 amide bonds. The van der Waals surface area contributed by atoms with Crippen LogP contribution in [0, 0.1) is 0 Å². The SMILES string of the molecule is CN1CCC2(CC1)CC(=O)c1ccc(C3=CCCCc4nc(NC(=O)c5ccncc5)ccc43)cc12. The van der Waals surface area contributed by atoms with Crippen LogP contribution in [0.4, 0.5) is 5.82 Å². The number of aromatic nitrogens is 2. The second-order valence-electron chi connectivity index (χ2n) is 10.3. The highest BCUT2D eigenvalue weighted by Gasteiger charge is 2.44. The fourth-order valence-corrected chi connectivity index (χ4v) is 5.98. The summed E-state index contributed by atoms with van der Waals surface area (Å²) in [6.45, 7) is 2.06. The number of pyridine rings is 2. The molecule has 1 saturated heterocycles. The smallest absolute Gasteiger partial charge is 0.256 e. The van der Waals surface area contributed by atoms with Gasteiger partial charge < -0.3 is 10.2 Å². The number of Topliss-reactive ketones (excluding diaryl/α,β-unsaturated/α-hetero) is 1. The van der Waals surface area contributed by atoms with E-state index in [4.69, 9.17) is 4.98 Å². The van der Waals surface area contributed by atoms with Gasteiger partial charge in [0.1, 0.15) is 5.82 Å². The van der Waals surface area contributed by atoms with Crippen molar-refractivity contribution in [3.63, 3.8) is 0 Å². The molecule has 6 heteroatoms. The number of rotatable bonds is 3. The molecule has 6 nitrogen and oxygen atoms in total. The highest BCUT2D eigenvalue weighted by atomic mass is 16.1. The van der Waals surface area contributed by atoms with Gasteiger partial charge in [-0.05, 0) is 99.3 Å². The minimum atomic E-state index is -0.194. The minimum absolute atomic E-state index is 0.0254. The summed E-state index contributed by atoms with van der Waals surface area (Å²) in [7, 11) is 2.16. The molecule has 6 rings (SSSR count). The van der Waals surface area contributed by atoms with E-state index in [0.717, 1.165) is 67.6 Å². The summed E-state index contributed by atoms with van der Waals surface area (Å²) >= 11 is 0. The first-order valence-corrected chi connectivity index (χ1v) is 12.8. The van der Waals surface area contributed by atoms with Gasteiger partial charge >= 0.3 is 0 Å². The minimum Gasteiger partial charge on any atom is -0.307 e. The van der Waals surface area contributed by atoms with Crippen molar-refractivity contribution >= 4 is 23.1 Å². The molecule has 1 spiro atoms. The van der Waals surface area contributed by atoms with E-state index in [0.29, 0.717) is 17.8 Å². The van der Waals surface area contributed by atoms with E-state index < -0.39 is 0 Å². The number of carbonyl (C=O) groups excluding carboxylic acids is 2. The zero-order valence-electron chi connectivity index (χ0n) is 20.6. The van der Waals surface area contributed by atoms with Crippen LogP contribution in [0.2, 0.25) is 0 Å². The lowest BCUT2D eigenvalue weighted by molar-refractivity contribution is 0.0945. The number of likely N-dealkylation sites (tertiary alicyclic amines) is 1. The van der Waals surface area contributed by atoms with Gasteiger partial charge in [-0.1, -0.05) is 18.2 Å². The van der Waals surface area contributed by atoms with Crippen molar-refractivity contribution in [1.29, 1.82) is 0 Å². The topological polar surface area (TPSA) is 75.2 Å². The van der Waals surface area contributed by atoms with Crippen LogP contribution < -0.4 is 5.32 Å². The van der Waals surface area contributed by atoms with Crippen LogP contribution in [0.3, 0.4) is 0 Å². The summed E-state index contributed by atoms with van der Waals surface area (Å²) in [5, 5.41) is 2.93. The number of fused-ring (bicyclic) bond motifs is 3. The van der Waals surface area contributed by atoms with E-state index in [9.17, 15) is 9.59 Å². The second kappa shape index (κ2) is 9.10. The van der Waals surface area contributed by atoms with Crippen molar-refractivity contribution in [2.24, 2.45) is 0 Å². The molecule has 1 aromatic carbocycles. The maximum Gasteiger partial charge on any atom is 0.256 e. The molecule has 3 heterocycles. The lowest BCUT2D eigenvalue weighted by Crippen LogP contribution is -2.39. The average molecular weight is 479 g/mol. The molecule has 0 unspecified atom stereocenters. The Morgan fingerprint density at radius 2 is 1.81 bits per heavy atom. The Labute approximate surface area is 211 Å². The third-order valence-corrected chi connectivity index (χ3v) is 8.06. The average Bonchev–Trinajstić information content (AvgIpc) is 3.03. The zero-order valence-corrected chi connectivity index (χ0v) is 20.6. The van der Waals surface area contributed by atoms with Crippen LogP contribution in [-0.4, -0.2) is 46.7 Å². The maximum absolute atomic E-state index is 12.9. The van der Waals surface area contributed by atoms with E-state index in [1.165, 1.54) is 11.1 Å². The molecule has 1 N–H and O–H groups in total. The molecule has 36 heavy (non-hydrogen) atoms. The van der Waals surface area contributed by atoms with Crippen molar-refractivity contribution in [2.45, 2.75) is 43.9 Å². The van der Waals surface area contributed by atoms with Crippen molar-refractivity contribution in [3.05, 3.63) is 94.4 Å². The number of carbonyl (C=O) groups is 2. The third-order valence-electron chi connectivity index (χ3n) is 8.06. The normalized spacial score (nSPS) is 18.8. The fourth-order valence-electron chi connectivity index (χ4n) is 5.98. The number of nitrogens with one attached hydrogen (secondary N) is 1. The highest BCUT2D eigenvalue weighted by Crippen LogP contribution is 2.47. The Morgan fingerprint density at radius 1 is 1.03 bits per heavy atom. The molecule has 0 saturated carbocycles. The number of allylic oxidation sites excluding steroid dienone is 1. The lowest BCUT2D eigenvalue weighted by atomic mass is 9.73. The van der Waals surface area contributed by atoms with Crippen molar-refractivity contribution in [3.8, 4) is 0 Å². The second-order valence-corrected chi connectivity index (χ2v) is 10.3. The van der Waals surface area contributed by atoms with Crippen LogP contribution in [0.15, 0.2) is 60.9 Å². The summed E-state index contributed by atoms with van der Waals surface area (Å²) in [5.74, 6) is 0.648. The molecule has 0 bridgehead atoms. The number of piperidine rings is 1. The summed E-state index contributed by atoms with van der Waals surface area (Å²) in [6, 6.07) is 13.8. The molecule has 2 aromatic heterocycles. The van der Waals surface area contributed by atoms with Gasteiger partial charge in [0.25, 0.3) is 5.91 Å². The Morgan fingerprint density at radius 3 is 2.61 bits per heavy atom. The largest absolute Gasteiger partial charge is 0.307 e. The van der Waals surface area contributed by atoms with E-state index in [1.54, 1.807) is 24.5 Å². The first-order chi connectivity index (χ1) is 17.5. The number of hydrogen-bond acceptors (Lipinski definition) is 5. The quantitative estimate of drug-likeness (QED) is 0.570. The predicted octanol–water partition coefficient (Wildman–Crippen LogP) is 5.05. The van der Waals surface area contributed by atoms with Crippen LogP contribution in [0.5, 0.6) is 0 Å². The summed E-state index contributed by atoms with van der Waals surface area (Å²) in [6.07, 6.45) is 11.1. The number of benzene rings is 1. The molecule has 182 valence electrons. The highest BCUT2D eigenvalue weighted by molar-refractivity contribution is 6.04. The van der Waals surface area contributed by atoms with Gasteiger partial charge in [0, 0.05) is 40.9 Å². The first-order valence-electron chi connectivity index (χ1n) is 12.8. The Bertz CT molecular complexity index is 1370. The van der Waals surface area contributed by atoms with E-state index in [2.05, 4.69) is 46.5 Å². The van der Waals surface area contributed by atoms with Crippen LogP contribution >= 0.6 is 0 Å². The van der Waals surface area contributed by atoms with Crippen LogP contribution in [0.25, 0.3) is 5.57 Å². The van der Waals surface area contributed by atoms with E-state index >= 15 is 0 Å². The van der Waals surface area contributed by atoms with Gasteiger partial charge in [-0.2, -0.15) is 0 Å². The van der Waals surface area contributed by atoms with Gasteiger partial charge in [-0.3, -0.25) is 14.6 Å². The van der Waals surface area contributed by atoms with Gasteiger partial charge in [0.2, 0.25) is 0 Å². The first kappa shape index (κ1) is 22.8. The number of anilines is 1. The predicted molar refractivity (Wildman–Crippen MR) is 140 cm³/mol. The summed E-state index contributed by atoms with van der Waals surface area (Å²) in [4.78, 5) is 36.7. The number of aryl methyl sites for hydroxylation is 1. The number of ketones is 1. The molecule has 0 radical (unpaired) electrons. The monoisotopic (exact) mass is 478 g/mol. The van der Waals surface area contributed by atoms with E-state index in [-0.39, 0.29) is 17.1 Å². The van der Waals surface area contributed by atoms with Crippen molar-refractivity contribution in [1.82, 2.24) is 14.9 Å². The Hall–Kier alpha value is -3.64. The van der Waals surface area contributed by atoms with Gasteiger partial charge in [-0.25, -0.2) is 4.98 Å². The molecular formula is C30H30N4O2.